The van der Waals surface area contributed by atoms with Gasteiger partial charge in [0.25, 0.3) is 0 Å². The molecule has 0 fully saturated rings. The molecule has 0 aliphatic carbocycles. The fraction of sp³-hybridized carbons (Fsp3) is 0. The number of hydrogen-bond acceptors (Lipinski definition) is 4. The minimum atomic E-state index is 0.370. The van der Waals surface area contributed by atoms with E-state index in [9.17, 15) is 0 Å². The number of hydrogen-bond donors (Lipinski definition) is 2. The number of nitrogens with two attached hydrogens (primary N) is 1. The summed E-state index contributed by atoms with van der Waals surface area (Å²) in [7, 11) is 0. The van der Waals surface area contributed by atoms with E-state index in [2.05, 4.69) is 10.3 Å². The first-order chi connectivity index (χ1) is 8.19. The van der Waals surface area contributed by atoms with Crippen LogP contribution in [0.1, 0.15) is 5.69 Å². The number of nitriles is 1. The maximum atomic E-state index is 8.63. The highest BCUT2D eigenvalue weighted by molar-refractivity contribution is 6.33. The van der Waals surface area contributed by atoms with E-state index in [4.69, 9.17) is 22.6 Å². The minimum Gasteiger partial charge on any atom is -0.399 e. The van der Waals surface area contributed by atoms with E-state index in [-0.39, 0.29) is 0 Å². The van der Waals surface area contributed by atoms with E-state index in [1.54, 1.807) is 36.5 Å². The van der Waals surface area contributed by atoms with Crippen molar-refractivity contribution in [3.05, 3.63) is 47.2 Å². The van der Waals surface area contributed by atoms with Crippen molar-refractivity contribution < 1.29 is 0 Å². The summed E-state index contributed by atoms with van der Waals surface area (Å²) >= 11 is 6.01. The highest BCUT2D eigenvalue weighted by Crippen LogP contribution is 2.27. The molecule has 84 valence electrons. The monoisotopic (exact) mass is 244 g/mol. The molecule has 4 nitrogen and oxygen atoms in total. The summed E-state index contributed by atoms with van der Waals surface area (Å²) < 4.78 is 0. The van der Waals surface area contributed by atoms with E-state index in [1.165, 1.54) is 0 Å². The Morgan fingerprint density at radius 3 is 2.76 bits per heavy atom. The number of nitrogen functional groups attached to an aromatic ring is 1. The van der Waals surface area contributed by atoms with Crippen molar-refractivity contribution in [1.82, 2.24) is 4.98 Å². The van der Waals surface area contributed by atoms with E-state index < -0.39 is 0 Å². The second-order valence-corrected chi connectivity index (χ2v) is 3.82. The molecule has 1 aromatic carbocycles. The molecule has 0 aliphatic heterocycles. The minimum absolute atomic E-state index is 0.370. The molecule has 17 heavy (non-hydrogen) atoms. The van der Waals surface area contributed by atoms with Crippen LogP contribution in [-0.2, 0) is 0 Å². The van der Waals surface area contributed by atoms with Crippen molar-refractivity contribution in [2.24, 2.45) is 0 Å². The zero-order valence-corrected chi connectivity index (χ0v) is 9.57. The third-order valence-corrected chi connectivity index (χ3v) is 2.48. The van der Waals surface area contributed by atoms with Gasteiger partial charge in [0.05, 0.1) is 22.6 Å². The molecule has 0 unspecified atom stereocenters. The maximum absolute atomic E-state index is 8.63. The van der Waals surface area contributed by atoms with Crippen molar-refractivity contribution in [3.63, 3.8) is 0 Å². The largest absolute Gasteiger partial charge is 0.399 e. The number of benzene rings is 1. The summed E-state index contributed by atoms with van der Waals surface area (Å²) in [6.45, 7) is 0. The molecule has 0 bridgehead atoms. The van der Waals surface area contributed by atoms with Gasteiger partial charge in [-0.25, -0.2) is 4.98 Å². The van der Waals surface area contributed by atoms with E-state index >= 15 is 0 Å². The first-order valence-corrected chi connectivity index (χ1v) is 5.25. The summed E-state index contributed by atoms with van der Waals surface area (Å²) in [6, 6.07) is 10.5. The molecule has 1 aromatic heterocycles. The third-order valence-electron chi connectivity index (χ3n) is 2.15. The van der Waals surface area contributed by atoms with Crippen molar-refractivity contribution >= 4 is 28.7 Å². The lowest BCUT2D eigenvalue weighted by Gasteiger charge is -2.08. The predicted octanol–water partition coefficient (Wildman–Crippen LogP) is 2.93. The molecular formula is C12H9ClN4. The summed E-state index contributed by atoms with van der Waals surface area (Å²) in [4.78, 5) is 3.95. The summed E-state index contributed by atoms with van der Waals surface area (Å²) in [5.41, 5.74) is 8.12. The number of pyridine rings is 1. The van der Waals surface area contributed by atoms with Crippen LogP contribution < -0.4 is 11.1 Å². The van der Waals surface area contributed by atoms with Crippen LogP contribution in [0.15, 0.2) is 36.5 Å². The average Bonchev–Trinajstić information content (AvgIpc) is 2.35. The van der Waals surface area contributed by atoms with E-state index in [0.29, 0.717) is 22.1 Å². The van der Waals surface area contributed by atoms with E-state index in [0.717, 1.165) is 5.69 Å². The lowest BCUT2D eigenvalue weighted by atomic mass is 10.2. The van der Waals surface area contributed by atoms with Crippen LogP contribution in [0, 0.1) is 11.3 Å². The van der Waals surface area contributed by atoms with Gasteiger partial charge < -0.3 is 11.1 Å². The van der Waals surface area contributed by atoms with Gasteiger partial charge in [-0.2, -0.15) is 5.26 Å². The Bertz CT molecular complexity index is 572. The number of aromatic nitrogens is 1. The zero-order chi connectivity index (χ0) is 12.3. The van der Waals surface area contributed by atoms with Gasteiger partial charge in [-0.3, -0.25) is 0 Å². The molecule has 0 radical (unpaired) electrons. The van der Waals surface area contributed by atoms with Gasteiger partial charge in [-0.05, 0) is 30.3 Å². The standard InChI is InChI=1S/C12H9ClN4/c13-11-4-1-8(15)5-12(11)17-10-3-2-9(6-14)16-7-10/h1-5,7,17H,15H2. The predicted molar refractivity (Wildman–Crippen MR) is 68.1 cm³/mol. The van der Waals surface area contributed by atoms with Gasteiger partial charge in [0.2, 0.25) is 0 Å². The van der Waals surface area contributed by atoms with Crippen LogP contribution in [0.4, 0.5) is 17.1 Å². The molecule has 5 heteroatoms. The molecule has 0 saturated heterocycles. The second kappa shape index (κ2) is 4.73. The zero-order valence-electron chi connectivity index (χ0n) is 8.81. The first kappa shape index (κ1) is 11.2. The number of halogens is 1. The Labute approximate surface area is 104 Å². The molecule has 3 N–H and O–H groups in total. The number of nitrogens with zero attached hydrogens (tertiary/aromatic N) is 2. The Balaban J connectivity index is 2.25. The number of nitrogens with one attached hydrogen (secondary N) is 1. The molecule has 0 amide bonds. The van der Waals surface area contributed by atoms with Crippen LogP contribution in [0.3, 0.4) is 0 Å². The normalized spacial score (nSPS) is 9.65. The second-order valence-electron chi connectivity index (χ2n) is 3.41. The summed E-state index contributed by atoms with van der Waals surface area (Å²) in [5.74, 6) is 0. The van der Waals surface area contributed by atoms with Gasteiger partial charge in [0.15, 0.2) is 0 Å². The molecule has 2 rings (SSSR count). The van der Waals surface area contributed by atoms with Crippen molar-refractivity contribution in [2.45, 2.75) is 0 Å². The smallest absolute Gasteiger partial charge is 0.140 e. The quantitative estimate of drug-likeness (QED) is 0.797. The Kier molecular flexibility index (Phi) is 3.12. The van der Waals surface area contributed by atoms with Gasteiger partial charge in [0, 0.05) is 5.69 Å². The highest BCUT2D eigenvalue weighted by atomic mass is 35.5. The first-order valence-electron chi connectivity index (χ1n) is 4.87. The molecule has 0 atom stereocenters. The molecule has 0 aliphatic rings. The van der Waals surface area contributed by atoms with Gasteiger partial charge in [0.1, 0.15) is 11.8 Å². The molecule has 0 spiro atoms. The molecular weight excluding hydrogens is 236 g/mol. The molecule has 2 aromatic rings. The Hall–Kier alpha value is -2.25. The highest BCUT2D eigenvalue weighted by Gasteiger charge is 2.01. The number of anilines is 3. The fourth-order valence-corrected chi connectivity index (χ4v) is 1.49. The lowest BCUT2D eigenvalue weighted by molar-refractivity contribution is 1.26. The van der Waals surface area contributed by atoms with Crippen LogP contribution in [-0.4, -0.2) is 4.98 Å². The van der Waals surface area contributed by atoms with E-state index in [1.807, 2.05) is 6.07 Å². The average molecular weight is 245 g/mol. The summed E-state index contributed by atoms with van der Waals surface area (Å²) in [5, 5.41) is 12.3. The lowest BCUT2D eigenvalue weighted by Crippen LogP contribution is -1.94. The van der Waals surface area contributed by atoms with Crippen molar-refractivity contribution in [3.8, 4) is 6.07 Å². The van der Waals surface area contributed by atoms with Crippen LogP contribution in [0.25, 0.3) is 0 Å². The van der Waals surface area contributed by atoms with Gasteiger partial charge in [-0.1, -0.05) is 11.6 Å². The fourth-order valence-electron chi connectivity index (χ4n) is 1.33. The van der Waals surface area contributed by atoms with Crippen LogP contribution >= 0.6 is 11.6 Å². The van der Waals surface area contributed by atoms with Gasteiger partial charge in [-0.15, -0.1) is 0 Å². The summed E-state index contributed by atoms with van der Waals surface area (Å²) in [6.07, 6.45) is 1.57. The third kappa shape index (κ3) is 2.65. The molecule has 1 heterocycles. The Morgan fingerprint density at radius 2 is 2.12 bits per heavy atom. The number of rotatable bonds is 2. The van der Waals surface area contributed by atoms with Crippen LogP contribution in [0.5, 0.6) is 0 Å². The van der Waals surface area contributed by atoms with Crippen molar-refractivity contribution in [1.29, 1.82) is 5.26 Å². The van der Waals surface area contributed by atoms with Crippen molar-refractivity contribution in [2.75, 3.05) is 11.1 Å². The van der Waals surface area contributed by atoms with Crippen LogP contribution in [0.2, 0.25) is 5.02 Å². The molecule has 0 saturated carbocycles. The maximum Gasteiger partial charge on any atom is 0.140 e. The topological polar surface area (TPSA) is 74.7 Å². The SMILES string of the molecule is N#Cc1ccc(Nc2cc(N)ccc2Cl)cn1. The van der Waals surface area contributed by atoms with Gasteiger partial charge >= 0.3 is 0 Å². The Morgan fingerprint density at radius 1 is 1.29 bits per heavy atom.